The summed E-state index contributed by atoms with van der Waals surface area (Å²) in [5.74, 6) is -1.30. The molecule has 0 aliphatic carbocycles. The number of rotatable bonds is 0. The van der Waals surface area contributed by atoms with E-state index in [1.54, 1.807) is 0 Å². The average Bonchev–Trinajstić information content (AvgIpc) is 2.04. The molecule has 0 fully saturated rings. The van der Waals surface area contributed by atoms with Gasteiger partial charge in [0.25, 0.3) is 0 Å². The van der Waals surface area contributed by atoms with Crippen molar-refractivity contribution in [3.05, 3.63) is 36.3 Å². The van der Waals surface area contributed by atoms with Crippen LogP contribution in [0.3, 0.4) is 0 Å². The molecule has 1 aromatic heterocycles. The lowest BCUT2D eigenvalue weighted by Gasteiger charge is -1.96. The molecule has 2 aromatic rings. The highest BCUT2D eigenvalue weighted by Gasteiger charge is 2.03. The van der Waals surface area contributed by atoms with Gasteiger partial charge in [-0.3, -0.25) is 0 Å². The van der Waals surface area contributed by atoms with Crippen LogP contribution in [0.2, 0.25) is 0 Å². The third-order valence-electron chi connectivity index (χ3n) is 1.49. The van der Waals surface area contributed by atoms with Crippen molar-refractivity contribution in [2.75, 3.05) is 0 Å². The summed E-state index contributed by atoms with van der Waals surface area (Å²) >= 11 is 0. The van der Waals surface area contributed by atoms with Crippen LogP contribution in [0.5, 0.6) is 0 Å². The molecule has 1 aromatic carbocycles. The van der Waals surface area contributed by atoms with Crippen molar-refractivity contribution in [1.29, 1.82) is 0 Å². The Kier molecular flexibility index (Phi) is 1.46. The highest BCUT2D eigenvalue weighted by Crippen LogP contribution is 2.15. The molecule has 0 unspecified atom stereocenters. The minimum absolute atomic E-state index is 0.204. The van der Waals surface area contributed by atoms with Gasteiger partial charge >= 0.3 is 0 Å². The van der Waals surface area contributed by atoms with Crippen molar-refractivity contribution in [2.24, 2.45) is 0 Å². The Morgan fingerprint density at radius 3 is 2.92 bits per heavy atom. The van der Waals surface area contributed by atoms with Gasteiger partial charge in [0.2, 0.25) is 0 Å². The summed E-state index contributed by atoms with van der Waals surface area (Å²) in [6.07, 6.45) is 3.52. The van der Waals surface area contributed by atoms with Crippen LogP contribution >= 0.6 is 0 Å². The van der Waals surface area contributed by atoms with E-state index < -0.39 is 11.6 Å². The second-order valence-electron chi connectivity index (χ2n) is 2.29. The maximum atomic E-state index is 12.9. The molecule has 0 saturated carbocycles. The molecular formula is C8H3F2N2. The van der Waals surface area contributed by atoms with Crippen LogP contribution in [-0.4, -0.2) is 9.97 Å². The molecule has 0 aliphatic heterocycles. The van der Waals surface area contributed by atoms with E-state index in [-0.39, 0.29) is 10.9 Å². The lowest BCUT2D eigenvalue weighted by molar-refractivity contribution is 0.591. The minimum Gasteiger partial charge on any atom is -0.233 e. The van der Waals surface area contributed by atoms with E-state index in [9.17, 15) is 8.78 Å². The first-order valence-corrected chi connectivity index (χ1v) is 3.25. The van der Waals surface area contributed by atoms with Crippen LogP contribution in [0.15, 0.2) is 18.3 Å². The van der Waals surface area contributed by atoms with Crippen molar-refractivity contribution >= 4 is 10.9 Å². The zero-order valence-electron chi connectivity index (χ0n) is 5.88. The van der Waals surface area contributed by atoms with Crippen molar-refractivity contribution in [3.8, 4) is 0 Å². The van der Waals surface area contributed by atoms with Crippen LogP contribution in [0, 0.1) is 18.0 Å². The number of benzene rings is 1. The van der Waals surface area contributed by atoms with Gasteiger partial charge in [-0.1, -0.05) is 0 Å². The summed E-state index contributed by atoms with van der Waals surface area (Å²) in [4.78, 5) is 7.09. The number of aromatic nitrogens is 2. The van der Waals surface area contributed by atoms with E-state index in [2.05, 4.69) is 16.3 Å². The van der Waals surface area contributed by atoms with Gasteiger partial charge < -0.3 is 0 Å². The lowest BCUT2D eigenvalue weighted by Crippen LogP contribution is -1.87. The van der Waals surface area contributed by atoms with Gasteiger partial charge in [0.05, 0.1) is 10.9 Å². The molecule has 59 valence electrons. The first-order chi connectivity index (χ1) is 5.77. The van der Waals surface area contributed by atoms with Gasteiger partial charge in [0, 0.05) is 18.3 Å². The summed E-state index contributed by atoms with van der Waals surface area (Å²) < 4.78 is 25.5. The zero-order chi connectivity index (χ0) is 8.55. The van der Waals surface area contributed by atoms with E-state index in [4.69, 9.17) is 0 Å². The van der Waals surface area contributed by atoms with Gasteiger partial charge in [-0.2, -0.15) is 0 Å². The van der Waals surface area contributed by atoms with E-state index in [0.29, 0.717) is 0 Å². The fourth-order valence-corrected chi connectivity index (χ4v) is 0.968. The third-order valence-corrected chi connectivity index (χ3v) is 1.49. The van der Waals surface area contributed by atoms with Crippen LogP contribution in [-0.2, 0) is 0 Å². The Bertz CT molecular complexity index is 428. The smallest absolute Gasteiger partial charge is 0.198 e. The summed E-state index contributed by atoms with van der Waals surface area (Å²) in [6.45, 7) is 0. The van der Waals surface area contributed by atoms with Gasteiger partial charge in [0.15, 0.2) is 6.33 Å². The molecule has 0 atom stereocenters. The highest BCUT2D eigenvalue weighted by molar-refractivity contribution is 5.77. The first kappa shape index (κ1) is 7.09. The number of nitrogens with zero attached hydrogens (tertiary/aromatic N) is 2. The van der Waals surface area contributed by atoms with E-state index in [1.165, 1.54) is 6.20 Å². The Morgan fingerprint density at radius 1 is 1.25 bits per heavy atom. The van der Waals surface area contributed by atoms with Crippen LogP contribution < -0.4 is 0 Å². The van der Waals surface area contributed by atoms with E-state index >= 15 is 0 Å². The van der Waals surface area contributed by atoms with Crippen LogP contribution in [0.1, 0.15) is 0 Å². The second kappa shape index (κ2) is 2.48. The van der Waals surface area contributed by atoms with Gasteiger partial charge in [-0.25, -0.2) is 18.7 Å². The molecule has 12 heavy (non-hydrogen) atoms. The number of hydrogen-bond donors (Lipinski definition) is 0. The Hall–Kier alpha value is -1.58. The van der Waals surface area contributed by atoms with E-state index in [1.807, 2.05) is 0 Å². The normalized spacial score (nSPS) is 10.5. The highest BCUT2D eigenvalue weighted by atomic mass is 19.1. The number of fused-ring (bicyclic) bond motifs is 1. The van der Waals surface area contributed by atoms with Crippen molar-refractivity contribution in [3.63, 3.8) is 0 Å². The first-order valence-electron chi connectivity index (χ1n) is 3.25. The Morgan fingerprint density at radius 2 is 2.08 bits per heavy atom. The quantitative estimate of drug-likeness (QED) is 0.593. The molecule has 2 nitrogen and oxygen atoms in total. The van der Waals surface area contributed by atoms with Gasteiger partial charge in [-0.15, -0.1) is 0 Å². The molecule has 0 aliphatic rings. The maximum Gasteiger partial charge on any atom is 0.198 e. The molecule has 4 heteroatoms. The summed E-state index contributed by atoms with van der Waals surface area (Å²) in [6, 6.07) is 1.93. The summed E-state index contributed by atoms with van der Waals surface area (Å²) in [5, 5.41) is 0.204. The fraction of sp³-hybridized carbons (Fsp3) is 0. The molecule has 1 radical (unpaired) electrons. The number of hydrogen-bond acceptors (Lipinski definition) is 2. The minimum atomic E-state index is -0.654. The van der Waals surface area contributed by atoms with Crippen molar-refractivity contribution < 1.29 is 8.78 Å². The van der Waals surface area contributed by atoms with Crippen molar-refractivity contribution in [2.45, 2.75) is 0 Å². The molecule has 1 heterocycles. The van der Waals surface area contributed by atoms with Gasteiger partial charge in [-0.05, 0) is 0 Å². The Labute approximate surface area is 66.9 Å². The average molecular weight is 165 g/mol. The monoisotopic (exact) mass is 165 g/mol. The molecule has 0 bridgehead atoms. The maximum absolute atomic E-state index is 12.9. The summed E-state index contributed by atoms with van der Waals surface area (Å²) in [5.41, 5.74) is 0.225. The number of halogens is 2. The molecule has 0 saturated heterocycles. The lowest BCUT2D eigenvalue weighted by atomic mass is 10.2. The van der Waals surface area contributed by atoms with Gasteiger partial charge in [0.1, 0.15) is 11.6 Å². The molecule has 0 amide bonds. The predicted molar refractivity (Wildman–Crippen MR) is 38.3 cm³/mol. The van der Waals surface area contributed by atoms with E-state index in [0.717, 1.165) is 12.1 Å². The largest absolute Gasteiger partial charge is 0.233 e. The zero-order valence-corrected chi connectivity index (χ0v) is 5.88. The SMILES string of the molecule is Fc1cc(F)c2cn[c]nc2c1. The Balaban J connectivity index is 2.89. The molecule has 0 N–H and O–H groups in total. The third kappa shape index (κ3) is 1.01. The predicted octanol–water partition coefficient (Wildman–Crippen LogP) is 1.71. The fourth-order valence-electron chi connectivity index (χ4n) is 0.968. The molecule has 0 spiro atoms. The molecular weight excluding hydrogens is 162 g/mol. The summed E-state index contributed by atoms with van der Waals surface area (Å²) in [7, 11) is 0. The topological polar surface area (TPSA) is 25.8 Å². The van der Waals surface area contributed by atoms with Crippen LogP contribution in [0.25, 0.3) is 10.9 Å². The second-order valence-corrected chi connectivity index (χ2v) is 2.29. The standard InChI is InChI=1S/C8H3F2N2/c9-5-1-7(10)6-3-11-4-12-8(6)2-5/h1-3H. The molecule has 2 rings (SSSR count). The van der Waals surface area contributed by atoms with Crippen molar-refractivity contribution in [1.82, 2.24) is 9.97 Å². The van der Waals surface area contributed by atoms with Crippen LogP contribution in [0.4, 0.5) is 8.78 Å².